The number of aromatic nitrogens is 1. The van der Waals surface area contributed by atoms with E-state index < -0.39 is 0 Å². The largest absolute Gasteiger partial charge is 0.486 e. The third-order valence-electron chi connectivity index (χ3n) is 3.96. The van der Waals surface area contributed by atoms with Crippen molar-refractivity contribution in [2.75, 3.05) is 20.2 Å². The van der Waals surface area contributed by atoms with Gasteiger partial charge < -0.3 is 18.9 Å². The Hall–Kier alpha value is -2.34. The average molecular weight is 316 g/mol. The molecule has 0 unspecified atom stereocenters. The van der Waals surface area contributed by atoms with Crippen molar-refractivity contribution in [3.05, 3.63) is 47.9 Å². The van der Waals surface area contributed by atoms with Crippen LogP contribution in [0.3, 0.4) is 0 Å². The number of amides is 1. The van der Waals surface area contributed by atoms with Crippen LogP contribution in [0, 0.1) is 0 Å². The molecule has 6 heteroatoms. The van der Waals surface area contributed by atoms with Crippen LogP contribution in [0.4, 0.5) is 0 Å². The highest BCUT2D eigenvalue weighted by molar-refractivity contribution is 5.92. The molecule has 1 aromatic carbocycles. The number of benzene rings is 1. The summed E-state index contributed by atoms with van der Waals surface area (Å²) in [5.74, 6) is 1.18. The number of piperidine rings is 1. The molecule has 23 heavy (non-hydrogen) atoms. The first-order chi connectivity index (χ1) is 11.3. The van der Waals surface area contributed by atoms with E-state index in [0.29, 0.717) is 24.5 Å². The minimum absolute atomic E-state index is 0.103. The number of methoxy groups -OCH3 is 1. The molecule has 1 amide bonds. The molecule has 2 aromatic rings. The summed E-state index contributed by atoms with van der Waals surface area (Å²) in [6.45, 7) is 1.61. The smallest absolute Gasteiger partial charge is 0.276 e. The Morgan fingerprint density at radius 3 is 2.74 bits per heavy atom. The van der Waals surface area contributed by atoms with E-state index in [2.05, 4.69) is 5.16 Å². The van der Waals surface area contributed by atoms with Gasteiger partial charge in [0.05, 0.1) is 6.10 Å². The second-order valence-electron chi connectivity index (χ2n) is 5.51. The molecular weight excluding hydrogens is 296 g/mol. The first-order valence-corrected chi connectivity index (χ1v) is 7.72. The lowest BCUT2D eigenvalue weighted by Gasteiger charge is -2.30. The van der Waals surface area contributed by atoms with Crippen molar-refractivity contribution < 1.29 is 18.8 Å². The maximum Gasteiger partial charge on any atom is 0.276 e. The van der Waals surface area contributed by atoms with Crippen LogP contribution >= 0.6 is 0 Å². The summed E-state index contributed by atoms with van der Waals surface area (Å²) >= 11 is 0. The van der Waals surface area contributed by atoms with E-state index in [1.165, 1.54) is 0 Å². The van der Waals surface area contributed by atoms with Crippen molar-refractivity contribution in [1.29, 1.82) is 0 Å². The number of ether oxygens (including phenoxy) is 2. The Labute approximate surface area is 135 Å². The van der Waals surface area contributed by atoms with E-state index in [9.17, 15) is 4.79 Å². The second-order valence-corrected chi connectivity index (χ2v) is 5.51. The maximum atomic E-state index is 12.4. The number of rotatable bonds is 5. The van der Waals surface area contributed by atoms with E-state index in [0.717, 1.165) is 18.6 Å². The number of hydrogen-bond acceptors (Lipinski definition) is 5. The SMILES string of the molecule is COC1CCN(C(=O)c2cc(COc3ccccc3)on2)CC1. The fraction of sp³-hybridized carbons (Fsp3) is 0.412. The van der Waals surface area contributed by atoms with Gasteiger partial charge in [-0.1, -0.05) is 23.4 Å². The third kappa shape index (κ3) is 3.90. The molecule has 0 atom stereocenters. The lowest BCUT2D eigenvalue weighted by atomic mass is 10.1. The summed E-state index contributed by atoms with van der Waals surface area (Å²) in [7, 11) is 1.71. The summed E-state index contributed by atoms with van der Waals surface area (Å²) in [6, 6.07) is 11.1. The molecule has 1 fully saturated rings. The lowest BCUT2D eigenvalue weighted by molar-refractivity contribution is 0.0345. The fourth-order valence-electron chi connectivity index (χ4n) is 2.61. The summed E-state index contributed by atoms with van der Waals surface area (Å²) in [5, 5.41) is 3.87. The normalized spacial score (nSPS) is 15.6. The quantitative estimate of drug-likeness (QED) is 0.848. The Bertz CT molecular complexity index is 633. The van der Waals surface area contributed by atoms with Gasteiger partial charge in [-0.15, -0.1) is 0 Å². The topological polar surface area (TPSA) is 64.8 Å². The van der Waals surface area contributed by atoms with E-state index in [4.69, 9.17) is 14.0 Å². The zero-order valence-corrected chi connectivity index (χ0v) is 13.1. The Kier molecular flexibility index (Phi) is 4.92. The fourth-order valence-corrected chi connectivity index (χ4v) is 2.61. The van der Waals surface area contributed by atoms with Gasteiger partial charge in [0.25, 0.3) is 5.91 Å². The van der Waals surface area contributed by atoms with Gasteiger partial charge in [-0.3, -0.25) is 4.79 Å². The van der Waals surface area contributed by atoms with Crippen molar-refractivity contribution in [1.82, 2.24) is 10.1 Å². The van der Waals surface area contributed by atoms with Gasteiger partial charge in [0, 0.05) is 26.3 Å². The zero-order chi connectivity index (χ0) is 16.1. The molecular formula is C17H20N2O4. The predicted octanol–water partition coefficient (Wildman–Crippen LogP) is 2.50. The molecule has 1 saturated heterocycles. The number of carbonyl (C=O) groups excluding carboxylic acids is 1. The summed E-state index contributed by atoms with van der Waals surface area (Å²) < 4.78 is 16.1. The number of likely N-dealkylation sites (tertiary alicyclic amines) is 1. The van der Waals surface area contributed by atoms with E-state index in [-0.39, 0.29) is 18.6 Å². The molecule has 1 aromatic heterocycles. The summed E-state index contributed by atoms with van der Waals surface area (Å²) in [4.78, 5) is 14.2. The second kappa shape index (κ2) is 7.28. The van der Waals surface area contributed by atoms with Crippen LogP contribution in [0.25, 0.3) is 0 Å². The zero-order valence-electron chi connectivity index (χ0n) is 13.1. The van der Waals surface area contributed by atoms with Gasteiger partial charge in [-0.2, -0.15) is 0 Å². The monoisotopic (exact) mass is 316 g/mol. The number of para-hydroxylation sites is 1. The van der Waals surface area contributed by atoms with E-state index in [1.54, 1.807) is 18.1 Å². The molecule has 2 heterocycles. The van der Waals surface area contributed by atoms with Crippen LogP contribution in [-0.4, -0.2) is 42.3 Å². The van der Waals surface area contributed by atoms with Gasteiger partial charge in [0.1, 0.15) is 12.4 Å². The van der Waals surface area contributed by atoms with Crippen LogP contribution in [0.5, 0.6) is 5.75 Å². The molecule has 1 aliphatic rings. The van der Waals surface area contributed by atoms with E-state index in [1.807, 2.05) is 30.3 Å². The highest BCUT2D eigenvalue weighted by Gasteiger charge is 2.25. The molecule has 0 bridgehead atoms. The average Bonchev–Trinajstić information content (AvgIpc) is 3.09. The maximum absolute atomic E-state index is 12.4. The molecule has 0 N–H and O–H groups in total. The summed E-state index contributed by atoms with van der Waals surface area (Å²) in [5.41, 5.74) is 0.326. The molecule has 6 nitrogen and oxygen atoms in total. The van der Waals surface area contributed by atoms with Crippen LogP contribution in [-0.2, 0) is 11.3 Å². The van der Waals surface area contributed by atoms with E-state index >= 15 is 0 Å². The molecule has 0 aliphatic carbocycles. The van der Waals surface area contributed by atoms with Gasteiger partial charge in [0.15, 0.2) is 11.5 Å². The minimum atomic E-state index is -0.103. The minimum Gasteiger partial charge on any atom is -0.486 e. The van der Waals surface area contributed by atoms with Crippen molar-refractivity contribution in [3.8, 4) is 5.75 Å². The first kappa shape index (κ1) is 15.6. The molecule has 122 valence electrons. The van der Waals surface area contributed by atoms with Crippen molar-refractivity contribution in [2.45, 2.75) is 25.6 Å². The lowest BCUT2D eigenvalue weighted by Crippen LogP contribution is -2.40. The van der Waals surface area contributed by atoms with Gasteiger partial charge in [-0.25, -0.2) is 0 Å². The molecule has 3 rings (SSSR count). The van der Waals surface area contributed by atoms with Crippen molar-refractivity contribution >= 4 is 5.91 Å². The highest BCUT2D eigenvalue weighted by atomic mass is 16.5. The molecule has 1 aliphatic heterocycles. The Balaban J connectivity index is 1.55. The predicted molar refractivity (Wildman–Crippen MR) is 83.2 cm³/mol. The van der Waals surface area contributed by atoms with Crippen LogP contribution in [0.15, 0.2) is 40.9 Å². The third-order valence-corrected chi connectivity index (χ3v) is 3.96. The highest BCUT2D eigenvalue weighted by Crippen LogP contribution is 2.17. The molecule has 0 radical (unpaired) electrons. The number of nitrogens with zero attached hydrogens (tertiary/aromatic N) is 2. The summed E-state index contributed by atoms with van der Waals surface area (Å²) in [6.07, 6.45) is 1.94. The van der Waals surface area contributed by atoms with Crippen LogP contribution in [0.1, 0.15) is 29.1 Å². The molecule has 0 spiro atoms. The number of hydrogen-bond donors (Lipinski definition) is 0. The number of carbonyl (C=O) groups is 1. The van der Waals surface area contributed by atoms with Crippen molar-refractivity contribution in [2.24, 2.45) is 0 Å². The molecule has 0 saturated carbocycles. The standard InChI is InChI=1S/C17H20N2O4/c1-21-13-7-9-19(10-8-13)17(20)16-11-15(23-18-16)12-22-14-5-3-2-4-6-14/h2-6,11,13H,7-10,12H2,1H3. The van der Waals surface area contributed by atoms with Gasteiger partial charge >= 0.3 is 0 Å². The van der Waals surface area contributed by atoms with Crippen LogP contribution in [0.2, 0.25) is 0 Å². The Morgan fingerprint density at radius 1 is 1.30 bits per heavy atom. The first-order valence-electron chi connectivity index (χ1n) is 7.72. The van der Waals surface area contributed by atoms with Crippen LogP contribution < -0.4 is 4.74 Å². The van der Waals surface area contributed by atoms with Crippen molar-refractivity contribution in [3.63, 3.8) is 0 Å². The Morgan fingerprint density at radius 2 is 2.04 bits per heavy atom. The van der Waals surface area contributed by atoms with Gasteiger partial charge in [0.2, 0.25) is 0 Å². The van der Waals surface area contributed by atoms with Gasteiger partial charge in [-0.05, 0) is 25.0 Å².